The third-order valence-corrected chi connectivity index (χ3v) is 5.97. The Morgan fingerprint density at radius 3 is 2.55 bits per heavy atom. The van der Waals surface area contributed by atoms with Gasteiger partial charge in [0.05, 0.1) is 17.5 Å². The number of carbonyl (C=O) groups excluding carboxylic acids is 1. The van der Waals surface area contributed by atoms with E-state index in [-0.39, 0.29) is 23.5 Å². The molecule has 0 aliphatic rings. The Hall–Kier alpha value is -2.72. The average Bonchev–Trinajstić information content (AvgIpc) is 3.13. The summed E-state index contributed by atoms with van der Waals surface area (Å²) in [4.78, 5) is 12.2. The van der Waals surface area contributed by atoms with Crippen molar-refractivity contribution in [2.75, 3.05) is 11.1 Å². The number of hydrogen-bond donors (Lipinski definition) is 2. The van der Waals surface area contributed by atoms with E-state index in [0.29, 0.717) is 10.9 Å². The van der Waals surface area contributed by atoms with Gasteiger partial charge in [0.1, 0.15) is 5.82 Å². The van der Waals surface area contributed by atoms with Crippen LogP contribution in [0.3, 0.4) is 0 Å². The zero-order valence-corrected chi connectivity index (χ0v) is 19.7. The van der Waals surface area contributed by atoms with Crippen LogP contribution in [0.25, 0.3) is 0 Å². The molecule has 0 aliphatic carbocycles. The number of hydrazone groups is 1. The zero-order chi connectivity index (χ0) is 22.4. The van der Waals surface area contributed by atoms with Crippen molar-refractivity contribution in [1.29, 1.82) is 0 Å². The molecule has 1 heterocycles. The molecule has 0 fully saturated rings. The summed E-state index contributed by atoms with van der Waals surface area (Å²) in [7, 11) is 1.87. The molecule has 7 nitrogen and oxygen atoms in total. The van der Waals surface area contributed by atoms with Crippen molar-refractivity contribution in [3.63, 3.8) is 0 Å². The zero-order valence-electron chi connectivity index (χ0n) is 17.3. The highest BCUT2D eigenvalue weighted by atomic mass is 79.9. The van der Waals surface area contributed by atoms with Crippen LogP contribution in [0.4, 0.5) is 10.1 Å². The molecule has 0 aliphatic heterocycles. The first kappa shape index (κ1) is 23.0. The third kappa shape index (κ3) is 6.38. The lowest BCUT2D eigenvalue weighted by atomic mass is 10.1. The number of anilines is 1. The fourth-order valence-electron chi connectivity index (χ4n) is 2.75. The summed E-state index contributed by atoms with van der Waals surface area (Å²) in [5, 5.41) is 16.5. The summed E-state index contributed by atoms with van der Waals surface area (Å²) in [6.45, 7) is 3.75. The van der Waals surface area contributed by atoms with E-state index in [4.69, 9.17) is 0 Å². The monoisotopic (exact) mass is 504 g/mol. The topological polar surface area (TPSA) is 84.2 Å². The fourth-order valence-corrected chi connectivity index (χ4v) is 3.73. The van der Waals surface area contributed by atoms with Crippen molar-refractivity contribution < 1.29 is 9.18 Å². The third-order valence-electron chi connectivity index (χ3n) is 4.43. The summed E-state index contributed by atoms with van der Waals surface area (Å²) in [5.74, 6) is 0.315. The number of carbonyl (C=O) groups is 1. The molecule has 1 atom stereocenters. The van der Waals surface area contributed by atoms with E-state index >= 15 is 0 Å². The minimum absolute atomic E-state index is 0.0650. The van der Waals surface area contributed by atoms with E-state index in [1.54, 1.807) is 19.1 Å². The second-order valence-electron chi connectivity index (χ2n) is 6.80. The summed E-state index contributed by atoms with van der Waals surface area (Å²) in [6.07, 6.45) is 0. The van der Waals surface area contributed by atoms with Crippen LogP contribution in [0.5, 0.6) is 0 Å². The Labute approximate surface area is 192 Å². The van der Waals surface area contributed by atoms with Crippen LogP contribution in [0.2, 0.25) is 0 Å². The van der Waals surface area contributed by atoms with Gasteiger partial charge < -0.3 is 9.88 Å². The van der Waals surface area contributed by atoms with Crippen LogP contribution < -0.4 is 10.7 Å². The highest BCUT2D eigenvalue weighted by molar-refractivity contribution is 9.10. The second-order valence-corrected chi connectivity index (χ2v) is 8.66. The van der Waals surface area contributed by atoms with Gasteiger partial charge in [0.25, 0.3) is 5.91 Å². The first-order valence-corrected chi connectivity index (χ1v) is 11.2. The summed E-state index contributed by atoms with van der Waals surface area (Å²) in [6, 6.07) is 13.7. The van der Waals surface area contributed by atoms with E-state index in [1.807, 2.05) is 42.8 Å². The summed E-state index contributed by atoms with van der Waals surface area (Å²) >= 11 is 4.70. The van der Waals surface area contributed by atoms with Gasteiger partial charge >= 0.3 is 0 Å². The molecule has 1 amide bonds. The Morgan fingerprint density at radius 2 is 1.87 bits per heavy atom. The summed E-state index contributed by atoms with van der Waals surface area (Å²) in [5.41, 5.74) is 4.81. The predicted molar refractivity (Wildman–Crippen MR) is 125 cm³/mol. The lowest BCUT2D eigenvalue weighted by molar-refractivity contribution is -0.118. The highest BCUT2D eigenvalue weighted by Crippen LogP contribution is 2.23. The quantitative estimate of drug-likeness (QED) is 0.267. The molecule has 162 valence electrons. The first-order valence-electron chi connectivity index (χ1n) is 9.46. The maximum atomic E-state index is 13.0. The van der Waals surface area contributed by atoms with Crippen LogP contribution in [-0.2, 0) is 11.8 Å². The molecule has 0 saturated carbocycles. The number of aromatic nitrogens is 3. The SMILES string of the molecule is CC(=NNC(=O)CSc1nnc([C@@H](C)Nc2ccc(Br)cc2)n1C)c1ccc(F)cc1. The van der Waals surface area contributed by atoms with Crippen LogP contribution in [0.15, 0.2) is 63.3 Å². The van der Waals surface area contributed by atoms with Gasteiger partial charge in [-0.25, -0.2) is 9.82 Å². The first-order chi connectivity index (χ1) is 14.8. The van der Waals surface area contributed by atoms with E-state index in [9.17, 15) is 9.18 Å². The smallest absolute Gasteiger partial charge is 0.250 e. The molecule has 1 aromatic heterocycles. The minimum atomic E-state index is -0.318. The maximum absolute atomic E-state index is 13.0. The lowest BCUT2D eigenvalue weighted by Gasteiger charge is -2.14. The van der Waals surface area contributed by atoms with Gasteiger partial charge in [-0.2, -0.15) is 5.10 Å². The van der Waals surface area contributed by atoms with E-state index in [2.05, 4.69) is 42.0 Å². The molecule has 3 aromatic rings. The number of nitrogens with zero attached hydrogens (tertiary/aromatic N) is 4. The Kier molecular flexibility index (Phi) is 7.80. The number of hydrogen-bond acceptors (Lipinski definition) is 6. The molecular weight excluding hydrogens is 483 g/mol. The lowest BCUT2D eigenvalue weighted by Crippen LogP contribution is -2.21. The molecule has 0 unspecified atom stereocenters. The highest BCUT2D eigenvalue weighted by Gasteiger charge is 2.16. The molecule has 2 aromatic carbocycles. The number of rotatable bonds is 8. The van der Waals surface area contributed by atoms with Crippen LogP contribution in [0, 0.1) is 5.82 Å². The number of amides is 1. The maximum Gasteiger partial charge on any atom is 0.250 e. The van der Waals surface area contributed by atoms with Gasteiger partial charge in [-0.15, -0.1) is 10.2 Å². The van der Waals surface area contributed by atoms with E-state index < -0.39 is 0 Å². The molecule has 2 N–H and O–H groups in total. The largest absolute Gasteiger partial charge is 0.375 e. The van der Waals surface area contributed by atoms with Gasteiger partial charge in [-0.05, 0) is 55.8 Å². The van der Waals surface area contributed by atoms with Gasteiger partial charge in [-0.3, -0.25) is 4.79 Å². The average molecular weight is 505 g/mol. The second kappa shape index (κ2) is 10.5. The predicted octanol–water partition coefficient (Wildman–Crippen LogP) is 4.52. The summed E-state index contributed by atoms with van der Waals surface area (Å²) < 4.78 is 15.9. The molecule has 10 heteroatoms. The Morgan fingerprint density at radius 1 is 1.19 bits per heavy atom. The number of nitrogens with one attached hydrogen (secondary N) is 2. The van der Waals surface area contributed by atoms with Crippen LogP contribution in [-0.4, -0.2) is 32.1 Å². The van der Waals surface area contributed by atoms with Crippen LogP contribution >= 0.6 is 27.7 Å². The molecule has 3 rings (SSSR count). The van der Waals surface area contributed by atoms with Gasteiger partial charge in [-0.1, -0.05) is 39.8 Å². The van der Waals surface area contributed by atoms with Crippen molar-refractivity contribution in [3.8, 4) is 0 Å². The minimum Gasteiger partial charge on any atom is -0.375 e. The number of benzene rings is 2. The normalized spacial score (nSPS) is 12.5. The van der Waals surface area contributed by atoms with E-state index in [1.165, 1.54) is 23.9 Å². The van der Waals surface area contributed by atoms with Crippen LogP contribution in [0.1, 0.15) is 31.3 Å². The molecule has 0 saturated heterocycles. The molecule has 0 radical (unpaired) electrons. The van der Waals surface area contributed by atoms with Gasteiger partial charge in [0.2, 0.25) is 0 Å². The van der Waals surface area contributed by atoms with Gasteiger partial charge in [0, 0.05) is 17.2 Å². The Balaban J connectivity index is 1.54. The fraction of sp³-hybridized carbons (Fsp3) is 0.238. The molecule has 31 heavy (non-hydrogen) atoms. The van der Waals surface area contributed by atoms with Crippen molar-refractivity contribution in [1.82, 2.24) is 20.2 Å². The van der Waals surface area contributed by atoms with E-state index in [0.717, 1.165) is 21.5 Å². The standard InChI is InChI=1S/C21H22BrFN6OS/c1-13(15-4-8-17(23)9-5-15)25-26-19(30)12-31-21-28-27-20(29(21)3)14(2)24-18-10-6-16(22)7-11-18/h4-11,14,24H,12H2,1-3H3,(H,26,30)/t14-/m1/s1. The van der Waals surface area contributed by atoms with Crippen molar-refractivity contribution in [3.05, 3.63) is 70.2 Å². The molecule has 0 spiro atoms. The van der Waals surface area contributed by atoms with Crippen molar-refractivity contribution in [2.45, 2.75) is 25.0 Å². The molecular formula is C21H22BrFN6OS. The Bertz CT molecular complexity index is 1070. The van der Waals surface area contributed by atoms with Crippen molar-refractivity contribution >= 4 is 45.0 Å². The molecule has 0 bridgehead atoms. The van der Waals surface area contributed by atoms with Crippen molar-refractivity contribution in [2.24, 2.45) is 12.1 Å². The van der Waals surface area contributed by atoms with Gasteiger partial charge in [0.15, 0.2) is 11.0 Å². The number of thioether (sulfide) groups is 1. The number of halogens is 2.